The Hall–Kier alpha value is -1.94. The summed E-state index contributed by atoms with van der Waals surface area (Å²) in [6.45, 7) is 0.665. The summed E-state index contributed by atoms with van der Waals surface area (Å²) in [4.78, 5) is 0. The Morgan fingerprint density at radius 2 is 1.50 bits per heavy atom. The number of benzene rings is 2. The van der Waals surface area contributed by atoms with Gasteiger partial charge in [-0.05, 0) is 54.7 Å². The molecule has 0 radical (unpaired) electrons. The number of aliphatic hydroxyl groups excluding tert-OH is 1. The fourth-order valence-electron chi connectivity index (χ4n) is 2.19. The lowest BCUT2D eigenvalue weighted by atomic mass is 10.1. The fraction of sp³-hybridized carbons (Fsp3) is 0.333. The maximum Gasteiger partial charge on any atom is 0.165 e. The highest BCUT2D eigenvalue weighted by Crippen LogP contribution is 2.26. The Labute approximate surface area is 129 Å². The molecule has 0 aliphatic heterocycles. The van der Waals surface area contributed by atoms with Crippen LogP contribution in [0.1, 0.15) is 25.7 Å². The zero-order chi connectivity index (χ0) is 15.8. The molecule has 0 bridgehead atoms. The van der Waals surface area contributed by atoms with Crippen LogP contribution in [0.25, 0.3) is 11.1 Å². The summed E-state index contributed by atoms with van der Waals surface area (Å²) in [5.74, 6) is -0.504. The van der Waals surface area contributed by atoms with Gasteiger partial charge in [0.05, 0.1) is 6.61 Å². The SMILES string of the molecule is OCCCCCCOc1ccc(-c2ccc(F)cc2)cc1F. The Morgan fingerprint density at radius 3 is 2.18 bits per heavy atom. The average Bonchev–Trinajstić information content (AvgIpc) is 2.53. The number of halogens is 2. The Balaban J connectivity index is 1.91. The van der Waals surface area contributed by atoms with Crippen molar-refractivity contribution in [3.63, 3.8) is 0 Å². The van der Waals surface area contributed by atoms with Crippen molar-refractivity contribution >= 4 is 0 Å². The Morgan fingerprint density at radius 1 is 0.818 bits per heavy atom. The van der Waals surface area contributed by atoms with Gasteiger partial charge < -0.3 is 9.84 Å². The van der Waals surface area contributed by atoms with Crippen LogP contribution in [-0.4, -0.2) is 18.3 Å². The first-order valence-corrected chi connectivity index (χ1v) is 7.50. The predicted octanol–water partition coefficient (Wildman–Crippen LogP) is 4.56. The van der Waals surface area contributed by atoms with Gasteiger partial charge in [0.2, 0.25) is 0 Å². The number of aliphatic hydroxyl groups is 1. The van der Waals surface area contributed by atoms with Crippen LogP contribution in [0, 0.1) is 11.6 Å². The number of ether oxygens (including phenoxy) is 1. The molecule has 0 aliphatic rings. The summed E-state index contributed by atoms with van der Waals surface area (Å²) in [6.07, 6.45) is 3.53. The molecule has 0 aromatic heterocycles. The highest BCUT2D eigenvalue weighted by molar-refractivity contribution is 5.64. The smallest absolute Gasteiger partial charge is 0.165 e. The average molecular weight is 306 g/mol. The van der Waals surface area contributed by atoms with Crippen molar-refractivity contribution in [2.45, 2.75) is 25.7 Å². The monoisotopic (exact) mass is 306 g/mol. The molecule has 0 saturated heterocycles. The molecule has 1 N–H and O–H groups in total. The zero-order valence-corrected chi connectivity index (χ0v) is 12.4. The number of rotatable bonds is 8. The van der Waals surface area contributed by atoms with E-state index >= 15 is 0 Å². The van der Waals surface area contributed by atoms with Crippen LogP contribution >= 0.6 is 0 Å². The topological polar surface area (TPSA) is 29.5 Å². The number of unbranched alkanes of at least 4 members (excludes halogenated alkanes) is 3. The van der Waals surface area contributed by atoms with Gasteiger partial charge in [-0.15, -0.1) is 0 Å². The van der Waals surface area contributed by atoms with Crippen LogP contribution in [0.2, 0.25) is 0 Å². The van der Waals surface area contributed by atoms with Crippen molar-refractivity contribution in [1.82, 2.24) is 0 Å². The minimum absolute atomic E-state index is 0.209. The van der Waals surface area contributed by atoms with E-state index in [4.69, 9.17) is 9.84 Å². The largest absolute Gasteiger partial charge is 0.491 e. The summed E-state index contributed by atoms with van der Waals surface area (Å²) in [5.41, 5.74) is 1.45. The van der Waals surface area contributed by atoms with Gasteiger partial charge in [-0.1, -0.05) is 24.6 Å². The molecule has 0 amide bonds. The molecule has 0 saturated carbocycles. The highest BCUT2D eigenvalue weighted by Gasteiger charge is 2.06. The first kappa shape index (κ1) is 16.4. The molecular formula is C18H20F2O2. The summed E-state index contributed by atoms with van der Waals surface area (Å²) in [6, 6.07) is 10.7. The van der Waals surface area contributed by atoms with Crippen molar-refractivity contribution in [2.24, 2.45) is 0 Å². The molecule has 0 aliphatic carbocycles. The molecule has 0 heterocycles. The minimum atomic E-state index is -0.419. The van der Waals surface area contributed by atoms with Gasteiger partial charge in [0.15, 0.2) is 11.6 Å². The fourth-order valence-corrected chi connectivity index (χ4v) is 2.19. The van der Waals surface area contributed by atoms with Gasteiger partial charge in [0.1, 0.15) is 5.82 Å². The molecule has 118 valence electrons. The normalized spacial score (nSPS) is 10.7. The first-order valence-electron chi connectivity index (χ1n) is 7.50. The van der Waals surface area contributed by atoms with E-state index in [1.165, 1.54) is 18.2 Å². The van der Waals surface area contributed by atoms with E-state index in [-0.39, 0.29) is 18.2 Å². The van der Waals surface area contributed by atoms with Gasteiger partial charge >= 0.3 is 0 Å². The second kappa shape index (κ2) is 8.49. The van der Waals surface area contributed by atoms with Crippen molar-refractivity contribution in [1.29, 1.82) is 0 Å². The van der Waals surface area contributed by atoms with Crippen LogP contribution < -0.4 is 4.74 Å². The van der Waals surface area contributed by atoms with Gasteiger partial charge in [-0.2, -0.15) is 0 Å². The molecular weight excluding hydrogens is 286 g/mol. The molecule has 0 spiro atoms. The third kappa shape index (κ3) is 4.81. The summed E-state index contributed by atoms with van der Waals surface area (Å²) in [5, 5.41) is 8.67. The van der Waals surface area contributed by atoms with Crippen molar-refractivity contribution in [3.8, 4) is 16.9 Å². The molecule has 2 aromatic rings. The maximum atomic E-state index is 14.0. The van der Waals surface area contributed by atoms with Crippen LogP contribution in [0.15, 0.2) is 42.5 Å². The second-order valence-electron chi connectivity index (χ2n) is 5.14. The number of hydrogen-bond donors (Lipinski definition) is 1. The van der Waals surface area contributed by atoms with Gasteiger partial charge in [0.25, 0.3) is 0 Å². The molecule has 0 unspecified atom stereocenters. The molecule has 0 atom stereocenters. The molecule has 2 aromatic carbocycles. The Bertz CT molecular complexity index is 582. The van der Waals surface area contributed by atoms with E-state index < -0.39 is 5.82 Å². The molecule has 2 rings (SSSR count). The van der Waals surface area contributed by atoms with Crippen LogP contribution in [0.5, 0.6) is 5.75 Å². The lowest BCUT2D eigenvalue weighted by Crippen LogP contribution is -1.99. The van der Waals surface area contributed by atoms with Crippen LogP contribution in [-0.2, 0) is 0 Å². The van der Waals surface area contributed by atoms with Crippen molar-refractivity contribution in [2.75, 3.05) is 13.2 Å². The van der Waals surface area contributed by atoms with Gasteiger partial charge in [0, 0.05) is 6.61 Å². The molecule has 2 nitrogen and oxygen atoms in total. The van der Waals surface area contributed by atoms with Gasteiger partial charge in [-0.3, -0.25) is 0 Å². The molecule has 22 heavy (non-hydrogen) atoms. The lowest BCUT2D eigenvalue weighted by molar-refractivity contribution is 0.270. The Kier molecular flexibility index (Phi) is 6.34. The third-order valence-electron chi connectivity index (χ3n) is 3.42. The highest BCUT2D eigenvalue weighted by atomic mass is 19.1. The summed E-state index contributed by atoms with van der Waals surface area (Å²) in [7, 11) is 0. The van der Waals surface area contributed by atoms with Crippen molar-refractivity contribution in [3.05, 3.63) is 54.1 Å². The van der Waals surface area contributed by atoms with E-state index in [1.807, 2.05) is 0 Å². The zero-order valence-electron chi connectivity index (χ0n) is 12.4. The third-order valence-corrected chi connectivity index (χ3v) is 3.42. The van der Waals surface area contributed by atoms with E-state index in [1.54, 1.807) is 24.3 Å². The van der Waals surface area contributed by atoms with Crippen LogP contribution in [0.3, 0.4) is 0 Å². The summed E-state index contributed by atoms with van der Waals surface area (Å²) < 4.78 is 32.3. The quantitative estimate of drug-likeness (QED) is 0.724. The first-order chi connectivity index (χ1) is 10.7. The minimum Gasteiger partial charge on any atom is -0.491 e. The second-order valence-corrected chi connectivity index (χ2v) is 5.14. The standard InChI is InChI=1S/C18H20F2O2/c19-16-8-5-14(6-9-16)15-7-10-18(17(20)13-15)22-12-4-2-1-3-11-21/h5-10,13,21H,1-4,11-12H2. The van der Waals surface area contributed by atoms with E-state index in [2.05, 4.69) is 0 Å². The van der Waals surface area contributed by atoms with Gasteiger partial charge in [-0.25, -0.2) is 8.78 Å². The van der Waals surface area contributed by atoms with Crippen LogP contribution in [0.4, 0.5) is 8.78 Å². The van der Waals surface area contributed by atoms with E-state index in [0.717, 1.165) is 31.2 Å². The van der Waals surface area contributed by atoms with E-state index in [9.17, 15) is 8.78 Å². The predicted molar refractivity (Wildman–Crippen MR) is 82.8 cm³/mol. The summed E-state index contributed by atoms with van der Waals surface area (Å²) >= 11 is 0. The van der Waals surface area contributed by atoms with Crippen molar-refractivity contribution < 1.29 is 18.6 Å². The molecule has 0 fully saturated rings. The maximum absolute atomic E-state index is 14.0. The van der Waals surface area contributed by atoms with E-state index in [0.29, 0.717) is 12.2 Å². The number of hydrogen-bond acceptors (Lipinski definition) is 2. The molecule has 4 heteroatoms. The lowest BCUT2D eigenvalue weighted by Gasteiger charge is -2.09.